The second kappa shape index (κ2) is 8.54. The molecule has 1 saturated heterocycles. The van der Waals surface area contributed by atoms with Gasteiger partial charge in [0.05, 0.1) is 17.8 Å². The number of benzene rings is 1. The highest BCUT2D eigenvalue weighted by Crippen LogP contribution is 2.33. The molecule has 1 aromatic carbocycles. The standard InChI is InChI=1S/C20H14F5N3O4S/c21-13-9(14(22)16(24)17(25)15(13)23)4-12(30)26-5-8-3-7-6-28(20(32)18(7)33-8)10-1-2-11(29)27-19(10)31/h3,10H,1-2,4-6H2,(H,26,30)(H,27,29,31). The Labute approximate surface area is 186 Å². The minimum absolute atomic E-state index is 0.119. The molecule has 2 aromatic rings. The third-order valence-corrected chi connectivity index (χ3v) is 6.51. The number of imide groups is 1. The molecule has 1 aromatic heterocycles. The van der Waals surface area contributed by atoms with Gasteiger partial charge < -0.3 is 10.2 Å². The summed E-state index contributed by atoms with van der Waals surface area (Å²) in [6, 6.07) is 0.849. The number of rotatable bonds is 5. The van der Waals surface area contributed by atoms with Crippen molar-refractivity contribution in [2.45, 2.75) is 38.4 Å². The van der Waals surface area contributed by atoms with Gasteiger partial charge in [-0.05, 0) is 18.1 Å². The minimum atomic E-state index is -2.31. The molecule has 0 radical (unpaired) electrons. The number of hydrogen-bond donors (Lipinski definition) is 2. The number of carbonyl (C=O) groups is 4. The van der Waals surface area contributed by atoms with Crippen LogP contribution >= 0.6 is 11.3 Å². The molecule has 1 fully saturated rings. The van der Waals surface area contributed by atoms with Crippen molar-refractivity contribution >= 4 is 35.0 Å². The molecule has 0 aliphatic carbocycles. The van der Waals surface area contributed by atoms with Crippen molar-refractivity contribution < 1.29 is 41.1 Å². The summed E-state index contributed by atoms with van der Waals surface area (Å²) in [4.78, 5) is 50.3. The molecule has 0 bridgehead atoms. The lowest BCUT2D eigenvalue weighted by Crippen LogP contribution is -2.52. The van der Waals surface area contributed by atoms with Crippen LogP contribution < -0.4 is 10.6 Å². The molecule has 0 spiro atoms. The highest BCUT2D eigenvalue weighted by molar-refractivity contribution is 7.14. The number of piperidine rings is 1. The monoisotopic (exact) mass is 487 g/mol. The Hall–Kier alpha value is -3.35. The second-order valence-corrected chi connectivity index (χ2v) is 8.61. The van der Waals surface area contributed by atoms with E-state index >= 15 is 0 Å². The van der Waals surface area contributed by atoms with E-state index in [4.69, 9.17) is 0 Å². The van der Waals surface area contributed by atoms with Crippen LogP contribution in [0, 0.1) is 29.1 Å². The van der Waals surface area contributed by atoms with Crippen LogP contribution in [0.15, 0.2) is 6.07 Å². The number of thiophene rings is 1. The van der Waals surface area contributed by atoms with Crippen LogP contribution in [0.25, 0.3) is 0 Å². The molecule has 7 nitrogen and oxygen atoms in total. The molecule has 33 heavy (non-hydrogen) atoms. The lowest BCUT2D eigenvalue weighted by Gasteiger charge is -2.29. The molecule has 13 heteroatoms. The molecule has 1 atom stereocenters. The minimum Gasteiger partial charge on any atom is -0.351 e. The normalized spacial score (nSPS) is 17.9. The molecule has 2 N–H and O–H groups in total. The first-order valence-corrected chi connectivity index (χ1v) is 10.4. The van der Waals surface area contributed by atoms with Gasteiger partial charge in [-0.2, -0.15) is 0 Å². The van der Waals surface area contributed by atoms with Crippen molar-refractivity contribution in [2.75, 3.05) is 0 Å². The SMILES string of the molecule is O=C(Cc1c(F)c(F)c(F)c(F)c1F)NCc1cc2c(s1)C(=O)N(C1CCC(=O)NC1=O)C2. The van der Waals surface area contributed by atoms with Gasteiger partial charge in [0.1, 0.15) is 6.04 Å². The van der Waals surface area contributed by atoms with E-state index in [9.17, 15) is 41.1 Å². The lowest BCUT2D eigenvalue weighted by atomic mass is 10.0. The van der Waals surface area contributed by atoms with Gasteiger partial charge in [0.15, 0.2) is 23.3 Å². The van der Waals surface area contributed by atoms with E-state index in [1.165, 1.54) is 4.90 Å². The average Bonchev–Trinajstić information content (AvgIpc) is 3.31. The first-order chi connectivity index (χ1) is 15.6. The number of hydrogen-bond acceptors (Lipinski definition) is 5. The zero-order valence-corrected chi connectivity index (χ0v) is 17.4. The molecular formula is C20H14F5N3O4S. The third kappa shape index (κ3) is 4.08. The zero-order chi connectivity index (χ0) is 24.0. The van der Waals surface area contributed by atoms with Crippen LogP contribution in [0.4, 0.5) is 22.0 Å². The van der Waals surface area contributed by atoms with Gasteiger partial charge in [-0.1, -0.05) is 0 Å². The van der Waals surface area contributed by atoms with Gasteiger partial charge in [0, 0.05) is 23.4 Å². The number of nitrogens with one attached hydrogen (secondary N) is 2. The molecule has 4 amide bonds. The Kier molecular flexibility index (Phi) is 5.91. The first-order valence-electron chi connectivity index (χ1n) is 9.61. The molecule has 2 aliphatic heterocycles. The van der Waals surface area contributed by atoms with Gasteiger partial charge in [-0.25, -0.2) is 22.0 Å². The van der Waals surface area contributed by atoms with Crippen LogP contribution in [-0.4, -0.2) is 34.6 Å². The molecule has 4 rings (SSSR count). The van der Waals surface area contributed by atoms with Crippen LogP contribution in [0.3, 0.4) is 0 Å². The van der Waals surface area contributed by atoms with Crippen LogP contribution in [0.1, 0.15) is 38.5 Å². The Morgan fingerprint density at radius 3 is 2.30 bits per heavy atom. The van der Waals surface area contributed by atoms with E-state index in [2.05, 4.69) is 10.6 Å². The van der Waals surface area contributed by atoms with E-state index < -0.39 is 70.7 Å². The largest absolute Gasteiger partial charge is 0.351 e. The molecule has 174 valence electrons. The summed E-state index contributed by atoms with van der Waals surface area (Å²) in [5.74, 6) is -13.1. The van der Waals surface area contributed by atoms with E-state index in [0.717, 1.165) is 11.3 Å². The van der Waals surface area contributed by atoms with Crippen molar-refractivity contribution in [2.24, 2.45) is 0 Å². The van der Waals surface area contributed by atoms with Gasteiger partial charge in [0.25, 0.3) is 5.91 Å². The predicted molar refractivity (Wildman–Crippen MR) is 102 cm³/mol. The number of carbonyl (C=O) groups excluding carboxylic acids is 4. The Morgan fingerprint density at radius 2 is 1.70 bits per heavy atom. The molecular weight excluding hydrogens is 473 g/mol. The number of halogens is 5. The summed E-state index contributed by atoms with van der Waals surface area (Å²) in [7, 11) is 0. The summed E-state index contributed by atoms with van der Waals surface area (Å²) in [6.07, 6.45) is -0.737. The summed E-state index contributed by atoms with van der Waals surface area (Å²) in [5.41, 5.74) is -0.633. The fourth-order valence-electron chi connectivity index (χ4n) is 3.70. The lowest BCUT2D eigenvalue weighted by molar-refractivity contribution is -0.137. The zero-order valence-electron chi connectivity index (χ0n) is 16.6. The first kappa shape index (κ1) is 22.8. The second-order valence-electron chi connectivity index (χ2n) is 7.47. The Balaban J connectivity index is 1.39. The molecule has 0 saturated carbocycles. The summed E-state index contributed by atoms with van der Waals surface area (Å²) in [6.45, 7) is -0.00691. The van der Waals surface area contributed by atoms with Gasteiger partial charge in [0.2, 0.25) is 23.5 Å². The van der Waals surface area contributed by atoms with Gasteiger partial charge >= 0.3 is 0 Å². The number of nitrogens with zero attached hydrogens (tertiary/aromatic N) is 1. The molecule has 2 aliphatic rings. The van der Waals surface area contributed by atoms with Crippen LogP contribution in [0.5, 0.6) is 0 Å². The fraction of sp³-hybridized carbons (Fsp3) is 0.300. The Morgan fingerprint density at radius 1 is 1.06 bits per heavy atom. The maximum absolute atomic E-state index is 13.7. The highest BCUT2D eigenvalue weighted by Gasteiger charge is 2.40. The van der Waals surface area contributed by atoms with Crippen molar-refractivity contribution in [1.29, 1.82) is 0 Å². The van der Waals surface area contributed by atoms with E-state index in [1.807, 2.05) is 0 Å². The smallest absolute Gasteiger partial charge is 0.265 e. The fourth-order valence-corrected chi connectivity index (χ4v) is 4.77. The van der Waals surface area contributed by atoms with Crippen molar-refractivity contribution in [3.8, 4) is 0 Å². The quantitative estimate of drug-likeness (QED) is 0.292. The van der Waals surface area contributed by atoms with Crippen LogP contribution in [-0.2, 0) is 33.9 Å². The van der Waals surface area contributed by atoms with E-state index in [0.29, 0.717) is 15.3 Å². The summed E-state index contributed by atoms with van der Waals surface area (Å²) >= 11 is 1.04. The molecule has 3 heterocycles. The van der Waals surface area contributed by atoms with Crippen molar-refractivity contribution in [3.63, 3.8) is 0 Å². The van der Waals surface area contributed by atoms with E-state index in [1.54, 1.807) is 6.07 Å². The van der Waals surface area contributed by atoms with Gasteiger partial charge in [-0.15, -0.1) is 11.3 Å². The number of amides is 4. The molecule has 1 unspecified atom stereocenters. The van der Waals surface area contributed by atoms with Crippen LogP contribution in [0.2, 0.25) is 0 Å². The maximum atomic E-state index is 13.7. The summed E-state index contributed by atoms with van der Waals surface area (Å²) in [5, 5.41) is 4.51. The van der Waals surface area contributed by atoms with Gasteiger partial charge in [-0.3, -0.25) is 24.5 Å². The average molecular weight is 487 g/mol. The van der Waals surface area contributed by atoms with E-state index in [-0.39, 0.29) is 25.9 Å². The summed E-state index contributed by atoms with van der Waals surface area (Å²) < 4.78 is 67.1. The highest BCUT2D eigenvalue weighted by atomic mass is 32.1. The Bertz CT molecular complexity index is 1190. The van der Waals surface area contributed by atoms with Crippen molar-refractivity contribution in [3.05, 3.63) is 56.0 Å². The number of fused-ring (bicyclic) bond motifs is 1. The topological polar surface area (TPSA) is 95.6 Å². The predicted octanol–water partition coefficient (Wildman–Crippen LogP) is 2.06. The van der Waals surface area contributed by atoms with Crippen molar-refractivity contribution in [1.82, 2.24) is 15.5 Å². The third-order valence-electron chi connectivity index (χ3n) is 5.34. The maximum Gasteiger partial charge on any atom is 0.265 e.